The lowest BCUT2D eigenvalue weighted by atomic mass is 10.0. The number of fused-ring (bicyclic) bond motifs is 1. The first-order valence-corrected chi connectivity index (χ1v) is 9.59. The number of furan rings is 1. The van der Waals surface area contributed by atoms with Gasteiger partial charge in [0.2, 0.25) is 5.28 Å². The van der Waals surface area contributed by atoms with Gasteiger partial charge in [-0.3, -0.25) is 4.90 Å². The van der Waals surface area contributed by atoms with Gasteiger partial charge in [-0.2, -0.15) is 4.98 Å². The number of halogens is 1. The lowest BCUT2D eigenvalue weighted by Crippen LogP contribution is -2.29. The summed E-state index contributed by atoms with van der Waals surface area (Å²) in [5, 5.41) is 13.3. The number of azide groups is 1. The van der Waals surface area contributed by atoms with Crippen LogP contribution in [0.25, 0.3) is 20.7 Å². The largest absolute Gasteiger partial charge is 0.467 e. The SMILES string of the molecule is Cc1c(CC(C)CN=[N+]=[N-])sc2c(N(Cc3ccco3)C(=O)O)nc(Cl)nc12. The Labute approximate surface area is 169 Å². The van der Waals surface area contributed by atoms with Crippen LogP contribution >= 0.6 is 22.9 Å². The third-order valence-corrected chi connectivity index (χ3v) is 5.66. The maximum atomic E-state index is 11.9. The normalized spacial score (nSPS) is 12.0. The van der Waals surface area contributed by atoms with E-state index in [4.69, 9.17) is 21.5 Å². The first kappa shape index (κ1) is 19.9. The van der Waals surface area contributed by atoms with E-state index in [1.807, 2.05) is 13.8 Å². The third-order valence-electron chi connectivity index (χ3n) is 4.19. The molecule has 0 aliphatic heterocycles. The van der Waals surface area contributed by atoms with Crippen molar-refractivity contribution in [2.24, 2.45) is 11.0 Å². The number of amides is 1. The van der Waals surface area contributed by atoms with Crippen LogP contribution in [0.5, 0.6) is 0 Å². The fourth-order valence-electron chi connectivity index (χ4n) is 2.82. The number of rotatable bonds is 7. The minimum Gasteiger partial charge on any atom is -0.467 e. The molecule has 11 heteroatoms. The fraction of sp³-hybridized carbons (Fsp3) is 0.353. The number of anilines is 1. The number of hydrogen-bond donors (Lipinski definition) is 1. The maximum Gasteiger partial charge on any atom is 0.413 e. The second kappa shape index (κ2) is 8.47. The maximum absolute atomic E-state index is 11.9. The highest BCUT2D eigenvalue weighted by atomic mass is 35.5. The van der Waals surface area contributed by atoms with Crippen molar-refractivity contribution in [1.82, 2.24) is 9.97 Å². The van der Waals surface area contributed by atoms with Gasteiger partial charge in [0, 0.05) is 16.3 Å². The van der Waals surface area contributed by atoms with Crippen molar-refractivity contribution >= 4 is 45.1 Å². The van der Waals surface area contributed by atoms with Crippen LogP contribution in [0.15, 0.2) is 27.9 Å². The van der Waals surface area contributed by atoms with E-state index in [1.54, 1.807) is 12.1 Å². The standard InChI is InChI=1S/C17H17ClN6O3S/c1-9(7-20-23-19)6-12-10(2)13-14(28-12)15(22-16(18)21-13)24(17(25)26)8-11-4-3-5-27-11/h3-5,9H,6-8H2,1-2H3,(H,25,26). The molecule has 3 aromatic heterocycles. The molecular formula is C17H17ClN6O3S. The molecule has 0 fully saturated rings. The predicted octanol–water partition coefficient (Wildman–Crippen LogP) is 5.42. The highest BCUT2D eigenvalue weighted by Gasteiger charge is 2.25. The van der Waals surface area contributed by atoms with Gasteiger partial charge in [0.25, 0.3) is 0 Å². The van der Waals surface area contributed by atoms with Crippen LogP contribution in [-0.4, -0.2) is 27.7 Å². The molecule has 9 nitrogen and oxygen atoms in total. The van der Waals surface area contributed by atoms with Crippen LogP contribution in [0.3, 0.4) is 0 Å². The topological polar surface area (TPSA) is 128 Å². The molecule has 0 aliphatic rings. The Hall–Kier alpha value is -2.81. The molecule has 3 aromatic rings. The Balaban J connectivity index is 2.05. The van der Waals surface area contributed by atoms with E-state index in [0.717, 1.165) is 15.3 Å². The molecule has 1 unspecified atom stereocenters. The lowest BCUT2D eigenvalue weighted by molar-refractivity contribution is 0.200. The quantitative estimate of drug-likeness (QED) is 0.236. The molecule has 0 bridgehead atoms. The summed E-state index contributed by atoms with van der Waals surface area (Å²) in [4.78, 5) is 25.3. The van der Waals surface area contributed by atoms with Crippen LogP contribution in [0.4, 0.5) is 10.6 Å². The van der Waals surface area contributed by atoms with E-state index in [1.165, 1.54) is 17.6 Å². The molecule has 3 heterocycles. The van der Waals surface area contributed by atoms with Gasteiger partial charge in [-0.1, -0.05) is 12.0 Å². The average Bonchev–Trinajstić information content (AvgIpc) is 3.26. The van der Waals surface area contributed by atoms with E-state index in [-0.39, 0.29) is 23.6 Å². The molecule has 1 amide bonds. The smallest absolute Gasteiger partial charge is 0.413 e. The summed E-state index contributed by atoms with van der Waals surface area (Å²) in [5.74, 6) is 0.843. The van der Waals surface area contributed by atoms with Gasteiger partial charge in [0.1, 0.15) is 5.76 Å². The van der Waals surface area contributed by atoms with Crippen molar-refractivity contribution in [3.05, 3.63) is 50.3 Å². The molecule has 1 N–H and O–H groups in total. The molecule has 0 aliphatic carbocycles. The van der Waals surface area contributed by atoms with Crippen LogP contribution in [0.1, 0.15) is 23.1 Å². The predicted molar refractivity (Wildman–Crippen MR) is 107 cm³/mol. The van der Waals surface area contributed by atoms with E-state index >= 15 is 0 Å². The van der Waals surface area contributed by atoms with Gasteiger partial charge in [-0.05, 0) is 54.1 Å². The van der Waals surface area contributed by atoms with Crippen molar-refractivity contribution in [1.29, 1.82) is 0 Å². The number of aromatic nitrogens is 2. The van der Waals surface area contributed by atoms with E-state index in [9.17, 15) is 9.90 Å². The van der Waals surface area contributed by atoms with Crippen molar-refractivity contribution in [2.45, 2.75) is 26.8 Å². The lowest BCUT2D eigenvalue weighted by Gasteiger charge is -2.17. The number of carbonyl (C=O) groups is 1. The Kier molecular flexibility index (Phi) is 6.03. The third kappa shape index (κ3) is 4.19. The Morgan fingerprint density at radius 2 is 2.32 bits per heavy atom. The van der Waals surface area contributed by atoms with Crippen molar-refractivity contribution < 1.29 is 14.3 Å². The second-order valence-corrected chi connectivity index (χ2v) is 7.76. The summed E-state index contributed by atoms with van der Waals surface area (Å²) in [6.07, 6.45) is 0.988. The summed E-state index contributed by atoms with van der Waals surface area (Å²) >= 11 is 7.52. The summed E-state index contributed by atoms with van der Waals surface area (Å²) in [6.45, 7) is 4.28. The molecule has 146 valence electrons. The Morgan fingerprint density at radius 3 is 2.96 bits per heavy atom. The zero-order valence-corrected chi connectivity index (χ0v) is 16.7. The molecule has 28 heavy (non-hydrogen) atoms. The first-order chi connectivity index (χ1) is 13.4. The molecular weight excluding hydrogens is 404 g/mol. The molecule has 0 saturated heterocycles. The molecule has 3 rings (SSSR count). The molecule has 0 radical (unpaired) electrons. The summed E-state index contributed by atoms with van der Waals surface area (Å²) < 4.78 is 5.92. The van der Waals surface area contributed by atoms with Crippen LogP contribution < -0.4 is 4.90 Å². The van der Waals surface area contributed by atoms with Gasteiger partial charge in [-0.15, -0.1) is 11.3 Å². The minimum absolute atomic E-state index is 0.00431. The van der Waals surface area contributed by atoms with Gasteiger partial charge in [0.05, 0.1) is 23.0 Å². The molecule has 0 saturated carbocycles. The summed E-state index contributed by atoms with van der Waals surface area (Å²) in [5.41, 5.74) is 10.0. The van der Waals surface area contributed by atoms with Crippen LogP contribution in [0, 0.1) is 12.8 Å². The molecule has 0 aromatic carbocycles. The van der Waals surface area contributed by atoms with Crippen LogP contribution in [-0.2, 0) is 13.0 Å². The highest BCUT2D eigenvalue weighted by molar-refractivity contribution is 7.19. The number of aryl methyl sites for hydroxylation is 1. The number of carboxylic acid groups (broad SMARTS) is 1. The first-order valence-electron chi connectivity index (χ1n) is 8.40. The minimum atomic E-state index is -1.17. The zero-order valence-electron chi connectivity index (χ0n) is 15.2. The van der Waals surface area contributed by atoms with E-state index < -0.39 is 6.09 Å². The van der Waals surface area contributed by atoms with Gasteiger partial charge >= 0.3 is 6.09 Å². The van der Waals surface area contributed by atoms with Gasteiger partial charge < -0.3 is 9.52 Å². The number of nitrogens with zero attached hydrogens (tertiary/aromatic N) is 6. The molecule has 0 spiro atoms. The van der Waals surface area contributed by atoms with Gasteiger partial charge in [0.15, 0.2) is 5.82 Å². The summed E-state index contributed by atoms with van der Waals surface area (Å²) in [6, 6.07) is 3.38. The Morgan fingerprint density at radius 1 is 1.54 bits per heavy atom. The van der Waals surface area contributed by atoms with Gasteiger partial charge in [-0.25, -0.2) is 9.78 Å². The average molecular weight is 421 g/mol. The molecule has 1 atom stereocenters. The zero-order chi connectivity index (χ0) is 20.3. The summed E-state index contributed by atoms with van der Waals surface area (Å²) in [7, 11) is 0. The highest BCUT2D eigenvalue weighted by Crippen LogP contribution is 2.38. The fourth-order valence-corrected chi connectivity index (χ4v) is 4.39. The van der Waals surface area contributed by atoms with Crippen LogP contribution in [0.2, 0.25) is 5.28 Å². The van der Waals surface area contributed by atoms with Crippen molar-refractivity contribution in [3.63, 3.8) is 0 Å². The second-order valence-electron chi connectivity index (χ2n) is 6.32. The number of hydrogen-bond acceptors (Lipinski definition) is 6. The number of thiophene rings is 1. The Bertz CT molecular complexity index is 1050. The van der Waals surface area contributed by atoms with E-state index in [2.05, 4.69) is 20.0 Å². The van der Waals surface area contributed by atoms with Crippen molar-refractivity contribution in [2.75, 3.05) is 11.4 Å². The van der Waals surface area contributed by atoms with E-state index in [0.29, 0.717) is 28.9 Å². The monoisotopic (exact) mass is 420 g/mol. The van der Waals surface area contributed by atoms with Crippen molar-refractivity contribution in [3.8, 4) is 0 Å².